The Morgan fingerprint density at radius 1 is 1.30 bits per heavy atom. The second-order valence-electron chi connectivity index (χ2n) is 6.38. The van der Waals surface area contributed by atoms with Crippen molar-refractivity contribution in [1.29, 1.82) is 0 Å². The average Bonchev–Trinajstić information content (AvgIpc) is 2.44. The first-order chi connectivity index (χ1) is 9.53. The zero-order valence-electron chi connectivity index (χ0n) is 12.8. The molecule has 0 bridgehead atoms. The lowest BCUT2D eigenvalue weighted by atomic mass is 10.1. The van der Waals surface area contributed by atoms with E-state index in [0.717, 1.165) is 38.3 Å². The summed E-state index contributed by atoms with van der Waals surface area (Å²) >= 11 is 0. The minimum atomic E-state index is 0.130. The summed E-state index contributed by atoms with van der Waals surface area (Å²) in [7, 11) is 0. The van der Waals surface area contributed by atoms with Crippen LogP contribution in [-0.4, -0.2) is 29.8 Å². The van der Waals surface area contributed by atoms with Gasteiger partial charge in [0.05, 0.1) is 18.4 Å². The van der Waals surface area contributed by atoms with Crippen molar-refractivity contribution in [2.45, 2.75) is 58.4 Å². The Kier molecular flexibility index (Phi) is 5.52. The van der Waals surface area contributed by atoms with Gasteiger partial charge in [0, 0.05) is 31.5 Å². The molecule has 1 aliphatic heterocycles. The van der Waals surface area contributed by atoms with Crippen LogP contribution < -0.4 is 5.32 Å². The van der Waals surface area contributed by atoms with E-state index in [-0.39, 0.29) is 5.54 Å². The third kappa shape index (κ3) is 5.57. The largest absolute Gasteiger partial charge is 0.381 e. The summed E-state index contributed by atoms with van der Waals surface area (Å²) in [6.07, 6.45) is 4.25. The lowest BCUT2D eigenvalue weighted by Crippen LogP contribution is -2.35. The van der Waals surface area contributed by atoms with Gasteiger partial charge >= 0.3 is 0 Å². The first-order valence-corrected chi connectivity index (χ1v) is 7.41. The van der Waals surface area contributed by atoms with Crippen LogP contribution in [0.4, 0.5) is 0 Å². The fourth-order valence-electron chi connectivity index (χ4n) is 2.06. The van der Waals surface area contributed by atoms with E-state index in [1.165, 1.54) is 5.56 Å². The number of nitrogens with one attached hydrogen (secondary N) is 1. The van der Waals surface area contributed by atoms with Crippen molar-refractivity contribution in [3.8, 4) is 0 Å². The van der Waals surface area contributed by atoms with Gasteiger partial charge in [-0.05, 0) is 45.2 Å². The van der Waals surface area contributed by atoms with Gasteiger partial charge in [0.1, 0.15) is 0 Å². The van der Waals surface area contributed by atoms with Gasteiger partial charge in [0.15, 0.2) is 0 Å². The van der Waals surface area contributed by atoms with Crippen LogP contribution in [0, 0.1) is 0 Å². The zero-order chi connectivity index (χ0) is 14.4. The number of hydrogen-bond donors (Lipinski definition) is 1. The summed E-state index contributed by atoms with van der Waals surface area (Å²) in [4.78, 5) is 4.47. The van der Waals surface area contributed by atoms with Gasteiger partial charge in [-0.15, -0.1) is 0 Å². The van der Waals surface area contributed by atoms with Crippen LogP contribution in [0.15, 0.2) is 18.3 Å². The molecule has 0 spiro atoms. The van der Waals surface area contributed by atoms with E-state index >= 15 is 0 Å². The summed E-state index contributed by atoms with van der Waals surface area (Å²) in [6, 6.07) is 4.17. The summed E-state index contributed by atoms with van der Waals surface area (Å²) in [5, 5.41) is 3.46. The second kappa shape index (κ2) is 7.16. The molecule has 112 valence electrons. The van der Waals surface area contributed by atoms with Crippen molar-refractivity contribution in [3.05, 3.63) is 29.6 Å². The summed E-state index contributed by atoms with van der Waals surface area (Å²) in [6.45, 7) is 9.56. The lowest BCUT2D eigenvalue weighted by Gasteiger charge is -2.22. The van der Waals surface area contributed by atoms with E-state index in [0.29, 0.717) is 12.7 Å². The minimum Gasteiger partial charge on any atom is -0.381 e. The molecule has 1 aliphatic rings. The molecule has 1 aromatic heterocycles. The fourth-order valence-corrected chi connectivity index (χ4v) is 2.06. The fraction of sp³-hybridized carbons (Fsp3) is 0.688. The lowest BCUT2D eigenvalue weighted by molar-refractivity contribution is -0.0399. The highest BCUT2D eigenvalue weighted by Crippen LogP contribution is 2.13. The van der Waals surface area contributed by atoms with Gasteiger partial charge in [-0.1, -0.05) is 6.07 Å². The Bertz CT molecular complexity index is 392. The summed E-state index contributed by atoms with van der Waals surface area (Å²) in [5.74, 6) is 0. The van der Waals surface area contributed by atoms with Gasteiger partial charge in [-0.3, -0.25) is 4.98 Å². The normalized spacial score (nSPS) is 17.4. The molecule has 1 aromatic rings. The predicted octanol–water partition coefficient (Wildman–Crippen LogP) is 2.67. The Labute approximate surface area is 121 Å². The van der Waals surface area contributed by atoms with E-state index < -0.39 is 0 Å². The molecule has 1 N–H and O–H groups in total. The summed E-state index contributed by atoms with van der Waals surface area (Å²) < 4.78 is 11.2. The van der Waals surface area contributed by atoms with Crippen molar-refractivity contribution < 1.29 is 9.47 Å². The van der Waals surface area contributed by atoms with Crippen LogP contribution in [0.2, 0.25) is 0 Å². The molecule has 0 amide bonds. The molecule has 1 saturated heterocycles. The second-order valence-corrected chi connectivity index (χ2v) is 6.38. The number of pyridine rings is 1. The molecule has 2 rings (SSSR count). The van der Waals surface area contributed by atoms with Crippen molar-refractivity contribution >= 4 is 0 Å². The molecule has 4 heteroatoms. The number of nitrogens with zero attached hydrogens (tertiary/aromatic N) is 1. The highest BCUT2D eigenvalue weighted by atomic mass is 16.5. The third-order valence-corrected chi connectivity index (χ3v) is 3.34. The minimum absolute atomic E-state index is 0.130. The van der Waals surface area contributed by atoms with E-state index in [1.807, 2.05) is 6.20 Å². The Hall–Kier alpha value is -0.970. The topological polar surface area (TPSA) is 43.4 Å². The number of ether oxygens (including phenoxy) is 2. The quantitative estimate of drug-likeness (QED) is 0.899. The van der Waals surface area contributed by atoms with Crippen LogP contribution in [0.1, 0.15) is 44.9 Å². The van der Waals surface area contributed by atoms with Crippen LogP contribution in [0.5, 0.6) is 0 Å². The van der Waals surface area contributed by atoms with Crippen molar-refractivity contribution in [1.82, 2.24) is 10.3 Å². The SMILES string of the molecule is CC(C)(C)NCc1ccc(COC2CCOCC2)nc1. The summed E-state index contributed by atoms with van der Waals surface area (Å²) in [5.41, 5.74) is 2.33. The number of hydrogen-bond acceptors (Lipinski definition) is 4. The number of aromatic nitrogens is 1. The molecule has 20 heavy (non-hydrogen) atoms. The van der Waals surface area contributed by atoms with Crippen molar-refractivity contribution in [2.24, 2.45) is 0 Å². The standard InChI is InChI=1S/C16H26N2O2/c1-16(2,3)18-11-13-4-5-14(17-10-13)12-20-15-6-8-19-9-7-15/h4-5,10,15,18H,6-9,11-12H2,1-3H3. The average molecular weight is 278 g/mol. The monoisotopic (exact) mass is 278 g/mol. The number of rotatable bonds is 5. The highest BCUT2D eigenvalue weighted by Gasteiger charge is 2.14. The van der Waals surface area contributed by atoms with Gasteiger partial charge in [-0.2, -0.15) is 0 Å². The molecule has 0 radical (unpaired) electrons. The Morgan fingerprint density at radius 3 is 2.65 bits per heavy atom. The Morgan fingerprint density at radius 2 is 2.05 bits per heavy atom. The van der Waals surface area contributed by atoms with E-state index in [9.17, 15) is 0 Å². The van der Waals surface area contributed by atoms with Crippen LogP contribution >= 0.6 is 0 Å². The molecule has 0 aliphatic carbocycles. The molecular weight excluding hydrogens is 252 g/mol. The zero-order valence-corrected chi connectivity index (χ0v) is 12.8. The van der Waals surface area contributed by atoms with E-state index in [4.69, 9.17) is 9.47 Å². The van der Waals surface area contributed by atoms with Crippen LogP contribution in [0.25, 0.3) is 0 Å². The first-order valence-electron chi connectivity index (χ1n) is 7.41. The molecule has 0 aromatic carbocycles. The molecule has 4 nitrogen and oxygen atoms in total. The maximum absolute atomic E-state index is 5.86. The molecular formula is C16H26N2O2. The molecule has 1 fully saturated rings. The van der Waals surface area contributed by atoms with Gasteiger partial charge in [0.2, 0.25) is 0 Å². The Balaban J connectivity index is 1.76. The van der Waals surface area contributed by atoms with Gasteiger partial charge in [-0.25, -0.2) is 0 Å². The maximum atomic E-state index is 5.86. The van der Waals surface area contributed by atoms with Crippen LogP contribution in [-0.2, 0) is 22.6 Å². The molecule has 2 heterocycles. The maximum Gasteiger partial charge on any atom is 0.0891 e. The van der Waals surface area contributed by atoms with E-state index in [2.05, 4.69) is 43.2 Å². The van der Waals surface area contributed by atoms with Crippen LogP contribution in [0.3, 0.4) is 0 Å². The predicted molar refractivity (Wildman–Crippen MR) is 79.5 cm³/mol. The van der Waals surface area contributed by atoms with Gasteiger partial charge < -0.3 is 14.8 Å². The molecule has 0 atom stereocenters. The highest BCUT2D eigenvalue weighted by molar-refractivity contribution is 5.13. The van der Waals surface area contributed by atoms with Gasteiger partial charge in [0.25, 0.3) is 0 Å². The molecule has 0 unspecified atom stereocenters. The van der Waals surface area contributed by atoms with Crippen molar-refractivity contribution in [3.63, 3.8) is 0 Å². The first kappa shape index (κ1) is 15.4. The molecule has 0 saturated carbocycles. The third-order valence-electron chi connectivity index (χ3n) is 3.34. The van der Waals surface area contributed by atoms with Crippen molar-refractivity contribution in [2.75, 3.05) is 13.2 Å². The smallest absolute Gasteiger partial charge is 0.0891 e. The van der Waals surface area contributed by atoms with E-state index in [1.54, 1.807) is 0 Å².